The fraction of sp³-hybridized carbons (Fsp3) is 0.923. The molecule has 96 valence electrons. The molecule has 0 radical (unpaired) electrons. The van der Waals surface area contributed by atoms with Gasteiger partial charge in [-0.3, -0.25) is 4.79 Å². The number of carbonyl (C=O) groups excluding carboxylic acids is 1. The Morgan fingerprint density at radius 3 is 2.31 bits per heavy atom. The van der Waals surface area contributed by atoms with Crippen LogP contribution in [0.5, 0.6) is 0 Å². The van der Waals surface area contributed by atoms with Crippen LogP contribution in [0.1, 0.15) is 58.3 Å². The standard InChI is InChI=1S/C13H26O3/c1-3-4-5-6-8-12-16-13(14)10-7-9-11-15-2/h3-12H2,1-2H3. The lowest BCUT2D eigenvalue weighted by Crippen LogP contribution is -2.06. The summed E-state index contributed by atoms with van der Waals surface area (Å²) in [4.78, 5) is 11.2. The first-order chi connectivity index (χ1) is 7.81. The monoisotopic (exact) mass is 230 g/mol. The van der Waals surface area contributed by atoms with E-state index in [1.165, 1.54) is 25.7 Å². The topological polar surface area (TPSA) is 35.5 Å². The van der Waals surface area contributed by atoms with Crippen LogP contribution in [0.15, 0.2) is 0 Å². The molecule has 0 aromatic heterocycles. The van der Waals surface area contributed by atoms with Crippen LogP contribution >= 0.6 is 0 Å². The summed E-state index contributed by atoms with van der Waals surface area (Å²) < 4.78 is 10.0. The molecular formula is C13H26O3. The summed E-state index contributed by atoms with van der Waals surface area (Å²) in [6.07, 6.45) is 8.28. The first kappa shape index (κ1) is 15.4. The number of hydrogen-bond donors (Lipinski definition) is 0. The highest BCUT2D eigenvalue weighted by Gasteiger charge is 2.01. The molecule has 0 unspecified atom stereocenters. The van der Waals surface area contributed by atoms with Gasteiger partial charge in [0.15, 0.2) is 0 Å². The summed E-state index contributed by atoms with van der Waals surface area (Å²) in [6, 6.07) is 0. The summed E-state index contributed by atoms with van der Waals surface area (Å²) >= 11 is 0. The van der Waals surface area contributed by atoms with Gasteiger partial charge in [-0.1, -0.05) is 32.6 Å². The number of rotatable bonds is 11. The van der Waals surface area contributed by atoms with Crippen molar-refractivity contribution in [1.29, 1.82) is 0 Å². The zero-order valence-corrected chi connectivity index (χ0v) is 10.8. The van der Waals surface area contributed by atoms with E-state index in [0.29, 0.717) is 13.0 Å². The molecular weight excluding hydrogens is 204 g/mol. The fourth-order valence-corrected chi connectivity index (χ4v) is 1.48. The highest BCUT2D eigenvalue weighted by molar-refractivity contribution is 5.69. The summed E-state index contributed by atoms with van der Waals surface area (Å²) in [7, 11) is 1.68. The smallest absolute Gasteiger partial charge is 0.305 e. The van der Waals surface area contributed by atoms with Gasteiger partial charge in [0.05, 0.1) is 6.61 Å². The normalized spacial score (nSPS) is 10.4. The fourth-order valence-electron chi connectivity index (χ4n) is 1.48. The maximum Gasteiger partial charge on any atom is 0.305 e. The Morgan fingerprint density at radius 1 is 0.938 bits per heavy atom. The minimum Gasteiger partial charge on any atom is -0.466 e. The quantitative estimate of drug-likeness (QED) is 0.403. The van der Waals surface area contributed by atoms with E-state index >= 15 is 0 Å². The van der Waals surface area contributed by atoms with E-state index in [1.54, 1.807) is 7.11 Å². The van der Waals surface area contributed by atoms with E-state index in [0.717, 1.165) is 25.9 Å². The summed E-state index contributed by atoms with van der Waals surface area (Å²) in [5.41, 5.74) is 0. The number of carbonyl (C=O) groups is 1. The van der Waals surface area contributed by atoms with Crippen molar-refractivity contribution in [1.82, 2.24) is 0 Å². The van der Waals surface area contributed by atoms with Crippen molar-refractivity contribution in [3.8, 4) is 0 Å². The molecule has 3 heteroatoms. The molecule has 0 saturated carbocycles. The molecule has 0 aromatic carbocycles. The maximum absolute atomic E-state index is 11.2. The van der Waals surface area contributed by atoms with Crippen LogP contribution in [0, 0.1) is 0 Å². The maximum atomic E-state index is 11.2. The van der Waals surface area contributed by atoms with E-state index < -0.39 is 0 Å². The number of ether oxygens (including phenoxy) is 2. The third-order valence-electron chi connectivity index (χ3n) is 2.49. The van der Waals surface area contributed by atoms with Crippen LogP contribution in [-0.4, -0.2) is 26.3 Å². The predicted octanol–water partition coefficient (Wildman–Crippen LogP) is 3.32. The summed E-state index contributed by atoms with van der Waals surface area (Å²) in [6.45, 7) is 3.51. The molecule has 0 heterocycles. The average molecular weight is 230 g/mol. The second-order valence-electron chi connectivity index (χ2n) is 4.08. The van der Waals surface area contributed by atoms with E-state index in [-0.39, 0.29) is 5.97 Å². The summed E-state index contributed by atoms with van der Waals surface area (Å²) in [5.74, 6) is -0.0633. The van der Waals surface area contributed by atoms with Crippen molar-refractivity contribution < 1.29 is 14.3 Å². The lowest BCUT2D eigenvalue weighted by Gasteiger charge is -2.04. The predicted molar refractivity (Wildman–Crippen MR) is 65.4 cm³/mol. The molecule has 0 amide bonds. The Balaban J connectivity index is 3.11. The van der Waals surface area contributed by atoms with E-state index in [1.807, 2.05) is 0 Å². The van der Waals surface area contributed by atoms with Gasteiger partial charge >= 0.3 is 5.97 Å². The molecule has 0 bridgehead atoms. The average Bonchev–Trinajstić information content (AvgIpc) is 2.29. The van der Waals surface area contributed by atoms with Crippen LogP contribution in [0.25, 0.3) is 0 Å². The van der Waals surface area contributed by atoms with E-state index in [2.05, 4.69) is 6.92 Å². The highest BCUT2D eigenvalue weighted by atomic mass is 16.5. The molecule has 0 fully saturated rings. The van der Waals surface area contributed by atoms with Gasteiger partial charge in [-0.25, -0.2) is 0 Å². The third kappa shape index (κ3) is 11.5. The Morgan fingerprint density at radius 2 is 1.62 bits per heavy atom. The van der Waals surface area contributed by atoms with Crippen molar-refractivity contribution in [3.05, 3.63) is 0 Å². The zero-order chi connectivity index (χ0) is 12.1. The van der Waals surface area contributed by atoms with Crippen LogP contribution in [0.4, 0.5) is 0 Å². The molecule has 0 saturated heterocycles. The lowest BCUT2D eigenvalue weighted by molar-refractivity contribution is -0.143. The van der Waals surface area contributed by atoms with E-state index in [4.69, 9.17) is 9.47 Å². The number of methoxy groups -OCH3 is 1. The summed E-state index contributed by atoms with van der Waals surface area (Å²) in [5, 5.41) is 0. The van der Waals surface area contributed by atoms with Crippen LogP contribution in [0.3, 0.4) is 0 Å². The lowest BCUT2D eigenvalue weighted by atomic mass is 10.2. The Bertz CT molecular complexity index is 157. The van der Waals surface area contributed by atoms with Gasteiger partial charge in [0.25, 0.3) is 0 Å². The van der Waals surface area contributed by atoms with Gasteiger partial charge in [0.2, 0.25) is 0 Å². The van der Waals surface area contributed by atoms with Gasteiger partial charge in [-0.2, -0.15) is 0 Å². The van der Waals surface area contributed by atoms with Crippen molar-refractivity contribution in [2.24, 2.45) is 0 Å². The van der Waals surface area contributed by atoms with Gasteiger partial charge < -0.3 is 9.47 Å². The van der Waals surface area contributed by atoms with Gasteiger partial charge in [0, 0.05) is 20.1 Å². The van der Waals surface area contributed by atoms with Gasteiger partial charge in [-0.05, 0) is 19.3 Å². The third-order valence-corrected chi connectivity index (χ3v) is 2.49. The first-order valence-electron chi connectivity index (χ1n) is 6.45. The molecule has 0 rings (SSSR count). The van der Waals surface area contributed by atoms with Crippen LogP contribution in [0.2, 0.25) is 0 Å². The molecule has 0 aromatic rings. The largest absolute Gasteiger partial charge is 0.466 e. The highest BCUT2D eigenvalue weighted by Crippen LogP contribution is 2.03. The van der Waals surface area contributed by atoms with Crippen LogP contribution in [-0.2, 0) is 14.3 Å². The SMILES string of the molecule is CCCCCCCOC(=O)CCCCOC. The van der Waals surface area contributed by atoms with Crippen molar-refractivity contribution in [2.75, 3.05) is 20.3 Å². The number of hydrogen-bond acceptors (Lipinski definition) is 3. The van der Waals surface area contributed by atoms with Gasteiger partial charge in [0.1, 0.15) is 0 Å². The molecule has 0 N–H and O–H groups in total. The molecule has 0 atom stereocenters. The number of unbranched alkanes of at least 4 members (excludes halogenated alkanes) is 5. The Hall–Kier alpha value is -0.570. The molecule has 0 aliphatic heterocycles. The van der Waals surface area contributed by atoms with Gasteiger partial charge in [-0.15, -0.1) is 0 Å². The first-order valence-corrected chi connectivity index (χ1v) is 6.45. The number of esters is 1. The second-order valence-corrected chi connectivity index (χ2v) is 4.08. The molecule has 0 aliphatic carbocycles. The minimum absolute atomic E-state index is 0.0633. The van der Waals surface area contributed by atoms with E-state index in [9.17, 15) is 4.79 Å². The van der Waals surface area contributed by atoms with Crippen molar-refractivity contribution in [3.63, 3.8) is 0 Å². The molecule has 3 nitrogen and oxygen atoms in total. The molecule has 0 spiro atoms. The Kier molecular flexibility index (Phi) is 12.1. The van der Waals surface area contributed by atoms with Crippen LogP contribution < -0.4 is 0 Å². The molecule has 16 heavy (non-hydrogen) atoms. The molecule has 0 aliphatic rings. The zero-order valence-electron chi connectivity index (χ0n) is 10.8. The van der Waals surface area contributed by atoms with Crippen molar-refractivity contribution >= 4 is 5.97 Å². The second kappa shape index (κ2) is 12.5. The van der Waals surface area contributed by atoms with Crippen molar-refractivity contribution in [2.45, 2.75) is 58.3 Å². The minimum atomic E-state index is -0.0633. The Labute approximate surface area is 99.5 Å².